The van der Waals surface area contributed by atoms with Gasteiger partial charge in [0.05, 0.1) is 4.92 Å². The third kappa shape index (κ3) is 2.94. The maximum absolute atomic E-state index is 13.0. The molecule has 8 heteroatoms. The number of hydrogen-bond donors (Lipinski definition) is 1. The molecule has 0 saturated carbocycles. The summed E-state index contributed by atoms with van der Waals surface area (Å²) in [6.45, 7) is 0. The summed E-state index contributed by atoms with van der Waals surface area (Å²) in [4.78, 5) is 37.0. The number of likely N-dealkylation sites (N-methyl/N-ethyl adjacent to an activating group) is 1. The number of nitro groups is 1. The molecule has 1 atom stereocenters. The summed E-state index contributed by atoms with van der Waals surface area (Å²) < 4.78 is 0. The molecule has 0 radical (unpaired) electrons. The predicted octanol–water partition coefficient (Wildman–Crippen LogP) is 2.57. The van der Waals surface area contributed by atoms with Gasteiger partial charge in [-0.05, 0) is 23.8 Å². The van der Waals surface area contributed by atoms with Crippen molar-refractivity contribution in [3.63, 3.8) is 0 Å². The summed E-state index contributed by atoms with van der Waals surface area (Å²) in [6, 6.07) is 10.4. The van der Waals surface area contributed by atoms with Gasteiger partial charge in [-0.25, -0.2) is 0 Å². The van der Waals surface area contributed by atoms with E-state index < -0.39 is 16.9 Å². The number of benzene rings is 2. The zero-order valence-electron chi connectivity index (χ0n) is 13.2. The molecule has 2 aromatic carbocycles. The van der Waals surface area contributed by atoms with Gasteiger partial charge in [-0.1, -0.05) is 29.8 Å². The lowest BCUT2D eigenvalue weighted by Crippen LogP contribution is -2.47. The lowest BCUT2D eigenvalue weighted by Gasteiger charge is -2.24. The van der Waals surface area contributed by atoms with Crippen molar-refractivity contribution in [3.05, 3.63) is 68.7 Å². The van der Waals surface area contributed by atoms with E-state index in [9.17, 15) is 19.7 Å². The van der Waals surface area contributed by atoms with Crippen molar-refractivity contribution >= 4 is 34.8 Å². The minimum Gasteiger partial charge on any atom is -0.357 e. The van der Waals surface area contributed by atoms with Crippen LogP contribution in [0, 0.1) is 10.1 Å². The smallest absolute Gasteiger partial charge is 0.288 e. The number of halogens is 1. The van der Waals surface area contributed by atoms with Gasteiger partial charge in [-0.15, -0.1) is 0 Å². The number of fused-ring (bicyclic) bond motifs is 1. The lowest BCUT2D eigenvalue weighted by molar-refractivity contribution is -0.384. The number of amides is 2. The molecular formula is C17H14ClN3O4. The van der Waals surface area contributed by atoms with Gasteiger partial charge in [0.2, 0.25) is 5.91 Å². The number of rotatable bonds is 3. The van der Waals surface area contributed by atoms with Crippen molar-refractivity contribution in [1.29, 1.82) is 0 Å². The molecule has 25 heavy (non-hydrogen) atoms. The number of hydrogen-bond acceptors (Lipinski definition) is 4. The standard InChI is InChI=1S/C17H14ClN3O4/c1-19-16(22)15-8-10-4-2-3-5-13(10)20(15)17(23)11-6-7-12(18)14(9-11)21(24)25/h2-7,9,15H,8H2,1H3,(H,19,22). The van der Waals surface area contributed by atoms with Crippen molar-refractivity contribution < 1.29 is 14.5 Å². The number of para-hydroxylation sites is 1. The van der Waals surface area contributed by atoms with E-state index in [0.717, 1.165) is 11.6 Å². The summed E-state index contributed by atoms with van der Waals surface area (Å²) in [7, 11) is 1.50. The van der Waals surface area contributed by atoms with Crippen molar-refractivity contribution in [2.75, 3.05) is 11.9 Å². The molecule has 2 amide bonds. The Morgan fingerprint density at radius 3 is 2.68 bits per heavy atom. The van der Waals surface area contributed by atoms with Crippen molar-refractivity contribution in [2.45, 2.75) is 12.5 Å². The van der Waals surface area contributed by atoms with E-state index in [2.05, 4.69) is 5.32 Å². The first-order valence-corrected chi connectivity index (χ1v) is 7.89. The minimum absolute atomic E-state index is 0.0498. The summed E-state index contributed by atoms with van der Waals surface area (Å²) >= 11 is 5.81. The predicted molar refractivity (Wildman–Crippen MR) is 92.9 cm³/mol. The maximum Gasteiger partial charge on any atom is 0.288 e. The third-order valence-corrected chi connectivity index (χ3v) is 4.45. The number of carbonyl (C=O) groups is 2. The summed E-state index contributed by atoms with van der Waals surface area (Å²) in [5.41, 5.74) is 1.24. The van der Waals surface area contributed by atoms with Gasteiger partial charge in [-0.2, -0.15) is 0 Å². The molecule has 2 aromatic rings. The van der Waals surface area contributed by atoms with Crippen LogP contribution in [0.2, 0.25) is 5.02 Å². The van der Waals surface area contributed by atoms with Gasteiger partial charge in [0, 0.05) is 30.8 Å². The molecule has 1 heterocycles. The highest BCUT2D eigenvalue weighted by atomic mass is 35.5. The van der Waals surface area contributed by atoms with Gasteiger partial charge >= 0.3 is 0 Å². The fourth-order valence-corrected chi connectivity index (χ4v) is 3.12. The highest BCUT2D eigenvalue weighted by molar-refractivity contribution is 6.32. The second kappa shape index (κ2) is 6.52. The zero-order valence-corrected chi connectivity index (χ0v) is 14.0. The Kier molecular flexibility index (Phi) is 4.41. The molecule has 0 aromatic heterocycles. The summed E-state index contributed by atoms with van der Waals surface area (Å²) in [5, 5.41) is 13.6. The van der Waals surface area contributed by atoms with Crippen molar-refractivity contribution in [1.82, 2.24) is 5.32 Å². The Bertz CT molecular complexity index is 884. The second-order valence-electron chi connectivity index (χ2n) is 5.56. The van der Waals surface area contributed by atoms with Crippen molar-refractivity contribution in [3.8, 4) is 0 Å². The van der Waals surface area contributed by atoms with Crippen LogP contribution in [0.25, 0.3) is 0 Å². The highest BCUT2D eigenvalue weighted by Gasteiger charge is 2.38. The van der Waals surface area contributed by atoms with Crippen LogP contribution < -0.4 is 10.2 Å². The Morgan fingerprint density at radius 1 is 1.28 bits per heavy atom. The SMILES string of the molecule is CNC(=O)C1Cc2ccccc2N1C(=O)c1ccc(Cl)c([N+](=O)[O-])c1. The van der Waals surface area contributed by atoms with Crippen LogP contribution in [0.5, 0.6) is 0 Å². The molecule has 0 bridgehead atoms. The van der Waals surface area contributed by atoms with Gasteiger partial charge in [0.1, 0.15) is 11.1 Å². The molecule has 0 aliphatic carbocycles. The first-order chi connectivity index (χ1) is 11.9. The fraction of sp³-hybridized carbons (Fsp3) is 0.176. The van der Waals surface area contributed by atoms with E-state index in [-0.39, 0.29) is 22.2 Å². The molecular weight excluding hydrogens is 346 g/mol. The molecule has 3 rings (SSSR count). The van der Waals surface area contributed by atoms with Crippen LogP contribution in [0.15, 0.2) is 42.5 Å². The topological polar surface area (TPSA) is 92.6 Å². The van der Waals surface area contributed by atoms with E-state index in [4.69, 9.17) is 11.6 Å². The Hall–Kier alpha value is -2.93. The van der Waals surface area contributed by atoms with Crippen LogP contribution in [-0.4, -0.2) is 29.8 Å². The number of carbonyl (C=O) groups excluding carboxylic acids is 2. The van der Waals surface area contributed by atoms with E-state index in [1.165, 1.54) is 24.1 Å². The number of nitro benzene ring substituents is 1. The van der Waals surface area contributed by atoms with Crippen LogP contribution in [0.1, 0.15) is 15.9 Å². The van der Waals surface area contributed by atoms with E-state index in [0.29, 0.717) is 12.1 Å². The van der Waals surface area contributed by atoms with Crippen LogP contribution in [0.3, 0.4) is 0 Å². The third-order valence-electron chi connectivity index (χ3n) is 4.13. The monoisotopic (exact) mass is 359 g/mol. The average Bonchev–Trinajstić information content (AvgIpc) is 3.00. The normalized spacial score (nSPS) is 15.6. The molecule has 1 aliphatic rings. The largest absolute Gasteiger partial charge is 0.357 e. The molecule has 7 nitrogen and oxygen atoms in total. The van der Waals surface area contributed by atoms with Crippen LogP contribution >= 0.6 is 11.6 Å². The highest BCUT2D eigenvalue weighted by Crippen LogP contribution is 2.34. The number of nitrogens with zero attached hydrogens (tertiary/aromatic N) is 2. The first kappa shape index (κ1) is 16.9. The first-order valence-electron chi connectivity index (χ1n) is 7.51. The molecule has 128 valence electrons. The summed E-state index contributed by atoms with van der Waals surface area (Å²) in [6.07, 6.45) is 0.386. The molecule has 0 fully saturated rings. The molecule has 1 unspecified atom stereocenters. The molecule has 1 N–H and O–H groups in total. The Balaban J connectivity index is 2.06. The van der Waals surface area contributed by atoms with Gasteiger partial charge in [-0.3, -0.25) is 24.6 Å². The van der Waals surface area contributed by atoms with Gasteiger partial charge < -0.3 is 5.32 Å². The van der Waals surface area contributed by atoms with E-state index in [1.807, 2.05) is 12.1 Å². The fourth-order valence-electron chi connectivity index (χ4n) is 2.94. The number of anilines is 1. The minimum atomic E-state index is -0.704. The van der Waals surface area contributed by atoms with Gasteiger partial charge in [0.25, 0.3) is 11.6 Å². The van der Waals surface area contributed by atoms with E-state index in [1.54, 1.807) is 12.1 Å². The second-order valence-corrected chi connectivity index (χ2v) is 5.97. The summed E-state index contributed by atoms with van der Waals surface area (Å²) in [5.74, 6) is -0.786. The number of nitrogens with one attached hydrogen (secondary N) is 1. The molecule has 0 saturated heterocycles. The zero-order chi connectivity index (χ0) is 18.1. The van der Waals surface area contributed by atoms with E-state index >= 15 is 0 Å². The Labute approximate surface area is 148 Å². The lowest BCUT2D eigenvalue weighted by atomic mass is 10.1. The van der Waals surface area contributed by atoms with Crippen LogP contribution in [-0.2, 0) is 11.2 Å². The maximum atomic E-state index is 13.0. The van der Waals surface area contributed by atoms with Gasteiger partial charge in [0.15, 0.2) is 0 Å². The Morgan fingerprint density at radius 2 is 2.00 bits per heavy atom. The van der Waals surface area contributed by atoms with Crippen LogP contribution in [0.4, 0.5) is 11.4 Å². The quantitative estimate of drug-likeness (QED) is 0.673. The van der Waals surface area contributed by atoms with Crippen molar-refractivity contribution in [2.24, 2.45) is 0 Å². The molecule has 0 spiro atoms. The molecule has 1 aliphatic heterocycles. The average molecular weight is 360 g/mol.